The number of amides is 2. The van der Waals surface area contributed by atoms with Crippen LogP contribution in [0.3, 0.4) is 0 Å². The number of rotatable bonds is 6. The van der Waals surface area contributed by atoms with Crippen LogP contribution in [-0.4, -0.2) is 24.6 Å². The Morgan fingerprint density at radius 2 is 1.88 bits per heavy atom. The van der Waals surface area contributed by atoms with Crippen molar-refractivity contribution >= 4 is 41.2 Å². The zero-order valence-corrected chi connectivity index (χ0v) is 15.5. The molecule has 6 nitrogen and oxygen atoms in total. The molecule has 0 heterocycles. The largest absolute Gasteiger partial charge is 0.488 e. The molecule has 2 N–H and O–H groups in total. The van der Waals surface area contributed by atoms with E-state index in [0.29, 0.717) is 27.9 Å². The van der Waals surface area contributed by atoms with E-state index in [9.17, 15) is 9.59 Å². The maximum absolute atomic E-state index is 11.5. The molecule has 0 aromatic heterocycles. The molecule has 8 heteroatoms. The van der Waals surface area contributed by atoms with Crippen molar-refractivity contribution in [3.8, 4) is 5.75 Å². The van der Waals surface area contributed by atoms with Gasteiger partial charge in [-0.25, -0.2) is 5.43 Å². The lowest BCUT2D eigenvalue weighted by molar-refractivity contribution is -0.139. The number of benzene rings is 2. The zero-order valence-electron chi connectivity index (χ0n) is 14.0. The summed E-state index contributed by atoms with van der Waals surface area (Å²) in [6.07, 6.45) is 1.40. The second-order valence-electron chi connectivity index (χ2n) is 5.13. The molecule has 0 saturated heterocycles. The summed E-state index contributed by atoms with van der Waals surface area (Å²) in [5.74, 6) is -1.01. The van der Waals surface area contributed by atoms with Gasteiger partial charge in [-0.05, 0) is 36.8 Å². The van der Waals surface area contributed by atoms with Crippen LogP contribution in [0, 0.1) is 0 Å². The van der Waals surface area contributed by atoms with E-state index in [0.717, 1.165) is 5.56 Å². The molecular formula is C18H17Cl2N3O3. The average Bonchev–Trinajstić information content (AvgIpc) is 2.63. The lowest BCUT2D eigenvalue weighted by Crippen LogP contribution is -2.37. The third kappa shape index (κ3) is 5.75. The molecule has 0 aliphatic carbocycles. The standard InChI is InChI=1S/C18H17Cl2N3O3/c1-2-21-17(24)18(25)23-22-10-13-5-3-4-6-16(13)26-11-12-7-8-14(19)15(20)9-12/h3-10H,2,11H2,1H3,(H,21,24)(H,23,25)/b22-10-. The van der Waals surface area contributed by atoms with E-state index in [-0.39, 0.29) is 6.61 Å². The molecule has 0 unspecified atom stereocenters. The highest BCUT2D eigenvalue weighted by atomic mass is 35.5. The smallest absolute Gasteiger partial charge is 0.329 e. The fourth-order valence-electron chi connectivity index (χ4n) is 1.96. The van der Waals surface area contributed by atoms with Crippen LogP contribution in [0.2, 0.25) is 10.0 Å². The Morgan fingerprint density at radius 1 is 1.12 bits per heavy atom. The number of nitrogens with zero attached hydrogens (tertiary/aromatic N) is 1. The van der Waals surface area contributed by atoms with Gasteiger partial charge in [0, 0.05) is 12.1 Å². The number of halogens is 2. The Labute approximate surface area is 161 Å². The van der Waals surface area contributed by atoms with Crippen LogP contribution in [-0.2, 0) is 16.2 Å². The first-order valence-electron chi connectivity index (χ1n) is 7.78. The van der Waals surface area contributed by atoms with Crippen LogP contribution in [0.4, 0.5) is 0 Å². The highest BCUT2D eigenvalue weighted by Crippen LogP contribution is 2.24. The predicted molar refractivity (Wildman–Crippen MR) is 102 cm³/mol. The SMILES string of the molecule is CCNC(=O)C(=O)N/N=C\c1ccccc1OCc1ccc(Cl)c(Cl)c1. The van der Waals surface area contributed by atoms with E-state index < -0.39 is 11.8 Å². The van der Waals surface area contributed by atoms with Crippen molar-refractivity contribution in [2.75, 3.05) is 6.54 Å². The van der Waals surface area contributed by atoms with Crippen LogP contribution >= 0.6 is 23.2 Å². The van der Waals surface area contributed by atoms with Crippen LogP contribution in [0.5, 0.6) is 5.75 Å². The minimum Gasteiger partial charge on any atom is -0.488 e. The molecule has 0 saturated carbocycles. The van der Waals surface area contributed by atoms with Crippen molar-refractivity contribution in [1.82, 2.24) is 10.7 Å². The van der Waals surface area contributed by atoms with Crippen LogP contribution in [0.15, 0.2) is 47.6 Å². The van der Waals surface area contributed by atoms with Gasteiger partial charge >= 0.3 is 11.8 Å². The molecule has 2 rings (SSSR count). The molecular weight excluding hydrogens is 377 g/mol. The first-order chi connectivity index (χ1) is 12.5. The van der Waals surface area contributed by atoms with Gasteiger partial charge in [-0.15, -0.1) is 0 Å². The second kappa shape index (κ2) is 9.79. The number of carbonyl (C=O) groups is 2. The van der Waals surface area contributed by atoms with E-state index in [1.807, 2.05) is 12.1 Å². The van der Waals surface area contributed by atoms with Gasteiger partial charge in [-0.1, -0.05) is 41.4 Å². The average molecular weight is 394 g/mol. The fraction of sp³-hybridized carbons (Fsp3) is 0.167. The second-order valence-corrected chi connectivity index (χ2v) is 5.95. The number of hydrogen-bond acceptors (Lipinski definition) is 4. The summed E-state index contributed by atoms with van der Waals surface area (Å²) in [7, 11) is 0. The highest BCUT2D eigenvalue weighted by Gasteiger charge is 2.10. The number of hydrazone groups is 1. The number of nitrogens with one attached hydrogen (secondary N) is 2. The minimum atomic E-state index is -0.836. The van der Waals surface area contributed by atoms with Crippen LogP contribution < -0.4 is 15.5 Å². The van der Waals surface area contributed by atoms with E-state index >= 15 is 0 Å². The molecule has 2 aromatic rings. The summed E-state index contributed by atoms with van der Waals surface area (Å²) >= 11 is 11.9. The topological polar surface area (TPSA) is 79.8 Å². The van der Waals surface area contributed by atoms with Crippen molar-refractivity contribution in [2.45, 2.75) is 13.5 Å². The molecule has 0 bridgehead atoms. The van der Waals surface area contributed by atoms with Crippen molar-refractivity contribution in [3.63, 3.8) is 0 Å². The van der Waals surface area contributed by atoms with E-state index in [1.165, 1.54) is 6.21 Å². The van der Waals surface area contributed by atoms with Crippen molar-refractivity contribution < 1.29 is 14.3 Å². The highest BCUT2D eigenvalue weighted by molar-refractivity contribution is 6.42. The maximum atomic E-state index is 11.5. The molecule has 2 aromatic carbocycles. The van der Waals surface area contributed by atoms with Gasteiger partial charge in [-0.2, -0.15) is 5.10 Å². The van der Waals surface area contributed by atoms with Crippen molar-refractivity contribution in [3.05, 3.63) is 63.6 Å². The van der Waals surface area contributed by atoms with E-state index in [2.05, 4.69) is 15.8 Å². The van der Waals surface area contributed by atoms with Gasteiger partial charge in [0.05, 0.1) is 16.3 Å². The first kappa shape index (κ1) is 19.8. The van der Waals surface area contributed by atoms with Gasteiger partial charge in [-0.3, -0.25) is 9.59 Å². The van der Waals surface area contributed by atoms with Crippen LogP contribution in [0.25, 0.3) is 0 Å². The lowest BCUT2D eigenvalue weighted by Gasteiger charge is -2.09. The van der Waals surface area contributed by atoms with Crippen molar-refractivity contribution in [1.29, 1.82) is 0 Å². The molecule has 0 spiro atoms. The van der Waals surface area contributed by atoms with Crippen molar-refractivity contribution in [2.24, 2.45) is 5.10 Å². The molecule has 0 fully saturated rings. The number of carbonyl (C=O) groups excluding carboxylic acids is 2. The summed E-state index contributed by atoms with van der Waals surface area (Å²) in [5, 5.41) is 7.10. The lowest BCUT2D eigenvalue weighted by atomic mass is 10.2. The molecule has 0 atom stereocenters. The fourth-order valence-corrected chi connectivity index (χ4v) is 2.28. The monoisotopic (exact) mass is 393 g/mol. The third-order valence-corrected chi connectivity index (χ3v) is 3.95. The molecule has 0 aliphatic heterocycles. The zero-order chi connectivity index (χ0) is 18.9. The summed E-state index contributed by atoms with van der Waals surface area (Å²) in [6.45, 7) is 2.37. The maximum Gasteiger partial charge on any atom is 0.329 e. The Kier molecular flexibility index (Phi) is 7.44. The number of para-hydroxylation sites is 1. The van der Waals surface area contributed by atoms with Gasteiger partial charge in [0.25, 0.3) is 0 Å². The van der Waals surface area contributed by atoms with Gasteiger partial charge in [0.2, 0.25) is 0 Å². The summed E-state index contributed by atoms with van der Waals surface area (Å²) in [5.41, 5.74) is 3.66. The molecule has 0 radical (unpaired) electrons. The van der Waals surface area contributed by atoms with Gasteiger partial charge in [0.15, 0.2) is 0 Å². The van der Waals surface area contributed by atoms with Gasteiger partial charge < -0.3 is 10.1 Å². The predicted octanol–water partition coefficient (Wildman–Crippen LogP) is 3.16. The summed E-state index contributed by atoms with van der Waals surface area (Å²) in [6, 6.07) is 12.4. The Bertz CT molecular complexity index is 825. The Morgan fingerprint density at radius 3 is 2.62 bits per heavy atom. The number of likely N-dealkylation sites (N-methyl/N-ethyl adjacent to an activating group) is 1. The normalized spacial score (nSPS) is 10.6. The Hall–Kier alpha value is -2.57. The minimum absolute atomic E-state index is 0.285. The van der Waals surface area contributed by atoms with E-state index in [4.69, 9.17) is 27.9 Å². The first-order valence-corrected chi connectivity index (χ1v) is 8.54. The molecule has 136 valence electrons. The van der Waals surface area contributed by atoms with E-state index in [1.54, 1.807) is 37.3 Å². The number of hydrogen-bond donors (Lipinski definition) is 2. The quantitative estimate of drug-likeness (QED) is 0.449. The Balaban J connectivity index is 2.00. The molecule has 2 amide bonds. The summed E-state index contributed by atoms with van der Waals surface area (Å²) in [4.78, 5) is 22.8. The molecule has 26 heavy (non-hydrogen) atoms. The van der Waals surface area contributed by atoms with Gasteiger partial charge in [0.1, 0.15) is 12.4 Å². The summed E-state index contributed by atoms with van der Waals surface area (Å²) < 4.78 is 5.78. The molecule has 0 aliphatic rings. The third-order valence-electron chi connectivity index (χ3n) is 3.21. The number of ether oxygens (including phenoxy) is 1. The van der Waals surface area contributed by atoms with Crippen LogP contribution in [0.1, 0.15) is 18.1 Å².